The SMILES string of the molecule is C/C(=C\C(=O)O)C(=O)Nc1ccc(F)c(Cl)c1. The van der Waals surface area contributed by atoms with Crippen molar-refractivity contribution < 1.29 is 19.1 Å². The van der Waals surface area contributed by atoms with Crippen LogP contribution < -0.4 is 5.32 Å². The highest BCUT2D eigenvalue weighted by Gasteiger charge is 2.08. The van der Waals surface area contributed by atoms with Crippen LogP contribution in [-0.4, -0.2) is 17.0 Å². The number of amides is 1. The van der Waals surface area contributed by atoms with Gasteiger partial charge in [-0.25, -0.2) is 9.18 Å². The van der Waals surface area contributed by atoms with Crippen LogP contribution >= 0.6 is 11.6 Å². The van der Waals surface area contributed by atoms with Crippen molar-refractivity contribution in [1.29, 1.82) is 0 Å². The number of hydrogen-bond acceptors (Lipinski definition) is 2. The van der Waals surface area contributed by atoms with Gasteiger partial charge in [0, 0.05) is 17.3 Å². The van der Waals surface area contributed by atoms with Crippen molar-refractivity contribution in [3.63, 3.8) is 0 Å². The molecule has 0 aliphatic rings. The molecular weight excluding hydrogens is 249 g/mol. The summed E-state index contributed by atoms with van der Waals surface area (Å²) < 4.78 is 12.8. The van der Waals surface area contributed by atoms with Crippen molar-refractivity contribution in [2.75, 3.05) is 5.32 Å². The van der Waals surface area contributed by atoms with Gasteiger partial charge in [0.1, 0.15) is 5.82 Å². The van der Waals surface area contributed by atoms with Crippen molar-refractivity contribution in [2.24, 2.45) is 0 Å². The number of rotatable bonds is 3. The second-order valence-corrected chi connectivity index (χ2v) is 3.66. The molecule has 0 radical (unpaired) electrons. The predicted molar refractivity (Wildman–Crippen MR) is 61.4 cm³/mol. The monoisotopic (exact) mass is 257 g/mol. The highest BCUT2D eigenvalue weighted by Crippen LogP contribution is 2.19. The minimum absolute atomic E-state index is 0.0259. The quantitative estimate of drug-likeness (QED) is 0.818. The Labute approximate surface area is 102 Å². The zero-order chi connectivity index (χ0) is 13.0. The van der Waals surface area contributed by atoms with Crippen molar-refractivity contribution >= 4 is 29.2 Å². The molecule has 1 amide bonds. The molecule has 0 heterocycles. The van der Waals surface area contributed by atoms with Gasteiger partial charge in [-0.1, -0.05) is 11.6 Å². The Balaban J connectivity index is 2.81. The van der Waals surface area contributed by atoms with Crippen molar-refractivity contribution in [2.45, 2.75) is 6.92 Å². The molecule has 0 atom stereocenters. The third-order valence-corrected chi connectivity index (χ3v) is 2.17. The van der Waals surface area contributed by atoms with Crippen LogP contribution in [0.4, 0.5) is 10.1 Å². The van der Waals surface area contributed by atoms with Gasteiger partial charge in [-0.2, -0.15) is 0 Å². The number of benzene rings is 1. The molecule has 1 aromatic rings. The van der Waals surface area contributed by atoms with Gasteiger partial charge in [-0.15, -0.1) is 0 Å². The van der Waals surface area contributed by atoms with E-state index in [2.05, 4.69) is 5.32 Å². The highest BCUT2D eigenvalue weighted by atomic mass is 35.5. The van der Waals surface area contributed by atoms with E-state index >= 15 is 0 Å². The summed E-state index contributed by atoms with van der Waals surface area (Å²) in [4.78, 5) is 21.8. The Kier molecular flexibility index (Phi) is 4.23. The smallest absolute Gasteiger partial charge is 0.328 e. The summed E-state index contributed by atoms with van der Waals surface area (Å²) in [5, 5.41) is 10.7. The van der Waals surface area contributed by atoms with E-state index in [0.29, 0.717) is 5.69 Å². The van der Waals surface area contributed by atoms with E-state index in [1.807, 2.05) is 0 Å². The molecule has 0 bridgehead atoms. The zero-order valence-corrected chi connectivity index (χ0v) is 9.58. The molecule has 4 nitrogen and oxygen atoms in total. The zero-order valence-electron chi connectivity index (χ0n) is 8.83. The summed E-state index contributed by atoms with van der Waals surface area (Å²) in [5.74, 6) is -2.40. The molecule has 0 aliphatic heterocycles. The van der Waals surface area contributed by atoms with Gasteiger partial charge in [0.15, 0.2) is 0 Å². The summed E-state index contributed by atoms with van der Waals surface area (Å²) >= 11 is 5.53. The number of carboxylic acid groups (broad SMARTS) is 1. The Morgan fingerprint density at radius 1 is 1.47 bits per heavy atom. The van der Waals surface area contributed by atoms with E-state index in [0.717, 1.165) is 12.1 Å². The van der Waals surface area contributed by atoms with Crippen molar-refractivity contribution in [1.82, 2.24) is 0 Å². The van der Waals surface area contributed by atoms with E-state index in [1.165, 1.54) is 19.1 Å². The molecule has 2 N–H and O–H groups in total. The Morgan fingerprint density at radius 3 is 2.65 bits per heavy atom. The maximum atomic E-state index is 12.8. The lowest BCUT2D eigenvalue weighted by molar-refractivity contribution is -0.131. The molecule has 0 fully saturated rings. The minimum atomic E-state index is -1.21. The molecule has 17 heavy (non-hydrogen) atoms. The van der Waals surface area contributed by atoms with Crippen LogP contribution in [0, 0.1) is 5.82 Å². The largest absolute Gasteiger partial charge is 0.478 e. The fraction of sp³-hybridized carbons (Fsp3) is 0.0909. The molecule has 0 spiro atoms. The van der Waals surface area contributed by atoms with Gasteiger partial charge in [0.25, 0.3) is 5.91 Å². The lowest BCUT2D eigenvalue weighted by atomic mass is 10.2. The fourth-order valence-corrected chi connectivity index (χ4v) is 1.23. The van der Waals surface area contributed by atoms with E-state index in [4.69, 9.17) is 16.7 Å². The maximum Gasteiger partial charge on any atom is 0.328 e. The summed E-state index contributed by atoms with van der Waals surface area (Å²) in [6.07, 6.45) is 0.778. The number of carbonyl (C=O) groups is 2. The molecule has 0 aliphatic carbocycles. The molecule has 1 rings (SSSR count). The second-order valence-electron chi connectivity index (χ2n) is 3.25. The lowest BCUT2D eigenvalue weighted by Crippen LogP contribution is -2.13. The van der Waals surface area contributed by atoms with Crippen LogP contribution in [-0.2, 0) is 9.59 Å². The van der Waals surface area contributed by atoms with Gasteiger partial charge in [-0.3, -0.25) is 4.79 Å². The van der Waals surface area contributed by atoms with Gasteiger partial charge in [0.2, 0.25) is 0 Å². The molecule has 90 valence electrons. The Morgan fingerprint density at radius 2 is 2.12 bits per heavy atom. The molecule has 6 heteroatoms. The van der Waals surface area contributed by atoms with E-state index in [9.17, 15) is 14.0 Å². The van der Waals surface area contributed by atoms with Crippen LogP contribution in [0.1, 0.15) is 6.92 Å². The molecule has 0 saturated carbocycles. The summed E-state index contributed by atoms with van der Waals surface area (Å²) in [6.45, 7) is 1.36. The standard InChI is InChI=1S/C11H9ClFNO3/c1-6(4-10(15)16)11(17)14-7-2-3-9(13)8(12)5-7/h2-5H,1H3,(H,14,17)(H,15,16)/b6-4+. The normalized spacial score (nSPS) is 11.1. The van der Waals surface area contributed by atoms with Crippen LogP contribution in [0.5, 0.6) is 0 Å². The summed E-state index contributed by atoms with van der Waals surface area (Å²) in [6, 6.07) is 3.67. The molecular formula is C11H9ClFNO3. The average molecular weight is 258 g/mol. The van der Waals surface area contributed by atoms with E-state index < -0.39 is 17.7 Å². The Hall–Kier alpha value is -1.88. The first-order valence-electron chi connectivity index (χ1n) is 4.58. The fourth-order valence-electron chi connectivity index (χ4n) is 1.05. The van der Waals surface area contributed by atoms with E-state index in [1.54, 1.807) is 0 Å². The average Bonchev–Trinajstić information content (AvgIpc) is 2.22. The predicted octanol–water partition coefficient (Wildman–Crippen LogP) is 2.45. The number of hydrogen-bond donors (Lipinski definition) is 2. The van der Waals surface area contributed by atoms with Crippen LogP contribution in [0.2, 0.25) is 5.02 Å². The first-order chi connectivity index (χ1) is 7.90. The van der Waals surface area contributed by atoms with Crippen LogP contribution in [0.3, 0.4) is 0 Å². The number of anilines is 1. The number of halogens is 2. The molecule has 0 saturated heterocycles. The van der Waals surface area contributed by atoms with Crippen molar-refractivity contribution in [3.05, 3.63) is 40.7 Å². The van der Waals surface area contributed by atoms with Gasteiger partial charge >= 0.3 is 5.97 Å². The molecule has 0 unspecified atom stereocenters. The highest BCUT2D eigenvalue weighted by molar-refractivity contribution is 6.31. The second kappa shape index (κ2) is 5.45. The Bertz CT molecular complexity index is 499. The summed E-state index contributed by atoms with van der Waals surface area (Å²) in [7, 11) is 0. The third kappa shape index (κ3) is 3.88. The summed E-state index contributed by atoms with van der Waals surface area (Å²) in [5.41, 5.74) is 0.317. The first-order valence-corrected chi connectivity index (χ1v) is 4.95. The first kappa shape index (κ1) is 13.2. The number of nitrogens with one attached hydrogen (secondary N) is 1. The maximum absolute atomic E-state index is 12.8. The van der Waals surface area contributed by atoms with Gasteiger partial charge < -0.3 is 10.4 Å². The topological polar surface area (TPSA) is 66.4 Å². The van der Waals surface area contributed by atoms with Crippen LogP contribution in [0.15, 0.2) is 29.8 Å². The third-order valence-electron chi connectivity index (χ3n) is 1.88. The van der Waals surface area contributed by atoms with Crippen molar-refractivity contribution in [3.8, 4) is 0 Å². The van der Waals surface area contributed by atoms with Gasteiger partial charge in [0.05, 0.1) is 5.02 Å². The van der Waals surface area contributed by atoms with Gasteiger partial charge in [-0.05, 0) is 25.1 Å². The number of carbonyl (C=O) groups excluding carboxylic acids is 1. The minimum Gasteiger partial charge on any atom is -0.478 e. The number of carboxylic acids is 1. The van der Waals surface area contributed by atoms with Crippen LogP contribution in [0.25, 0.3) is 0 Å². The van der Waals surface area contributed by atoms with E-state index in [-0.39, 0.29) is 10.6 Å². The lowest BCUT2D eigenvalue weighted by Gasteiger charge is -2.05. The number of aliphatic carboxylic acids is 1. The molecule has 0 aromatic heterocycles. The molecule has 1 aromatic carbocycles.